The van der Waals surface area contributed by atoms with Gasteiger partial charge in [0, 0.05) is 23.8 Å². The van der Waals surface area contributed by atoms with Gasteiger partial charge in [-0.2, -0.15) is 0 Å². The fourth-order valence-electron chi connectivity index (χ4n) is 3.62. The van der Waals surface area contributed by atoms with Crippen molar-refractivity contribution in [2.24, 2.45) is 5.92 Å². The van der Waals surface area contributed by atoms with Gasteiger partial charge in [0.2, 0.25) is 15.9 Å². The maximum Gasteiger partial charge on any atom is 0.228 e. The SMILES string of the molecule is Cc1c(Cl)cccc1NC(=O)[C@H]1CCCN(S(=O)(=O)CCCc2ccccc2)C1. The van der Waals surface area contributed by atoms with Crippen LogP contribution in [0.4, 0.5) is 5.69 Å². The van der Waals surface area contributed by atoms with Crippen molar-refractivity contribution in [2.45, 2.75) is 32.6 Å². The topological polar surface area (TPSA) is 66.5 Å². The van der Waals surface area contributed by atoms with Crippen LogP contribution in [-0.2, 0) is 21.2 Å². The molecule has 0 radical (unpaired) electrons. The van der Waals surface area contributed by atoms with E-state index in [1.165, 1.54) is 4.31 Å². The van der Waals surface area contributed by atoms with Crippen LogP contribution in [0, 0.1) is 12.8 Å². The van der Waals surface area contributed by atoms with E-state index in [4.69, 9.17) is 11.6 Å². The Balaban J connectivity index is 1.57. The van der Waals surface area contributed by atoms with Gasteiger partial charge in [0.05, 0.1) is 11.7 Å². The number of carbonyl (C=O) groups excluding carboxylic acids is 1. The van der Waals surface area contributed by atoms with Gasteiger partial charge in [0.1, 0.15) is 0 Å². The molecule has 0 unspecified atom stereocenters. The summed E-state index contributed by atoms with van der Waals surface area (Å²) in [5.41, 5.74) is 2.62. The van der Waals surface area contributed by atoms with Gasteiger partial charge >= 0.3 is 0 Å². The van der Waals surface area contributed by atoms with Crippen LogP contribution >= 0.6 is 11.6 Å². The third kappa shape index (κ3) is 5.81. The molecule has 0 spiro atoms. The minimum Gasteiger partial charge on any atom is -0.326 e. The Labute approximate surface area is 178 Å². The van der Waals surface area contributed by atoms with Crippen molar-refractivity contribution < 1.29 is 13.2 Å². The predicted octanol–water partition coefficient (Wildman–Crippen LogP) is 4.26. The van der Waals surface area contributed by atoms with Crippen LogP contribution in [0.15, 0.2) is 48.5 Å². The molecule has 29 heavy (non-hydrogen) atoms. The lowest BCUT2D eigenvalue weighted by Gasteiger charge is -2.31. The van der Waals surface area contributed by atoms with Crippen molar-refractivity contribution in [3.63, 3.8) is 0 Å². The highest BCUT2D eigenvalue weighted by Gasteiger charge is 2.32. The molecular weight excluding hydrogens is 408 g/mol. The number of hydrogen-bond acceptors (Lipinski definition) is 3. The van der Waals surface area contributed by atoms with E-state index in [0.717, 1.165) is 17.5 Å². The minimum absolute atomic E-state index is 0.101. The molecule has 1 heterocycles. The largest absolute Gasteiger partial charge is 0.326 e. The van der Waals surface area contributed by atoms with Crippen LogP contribution < -0.4 is 5.32 Å². The van der Waals surface area contributed by atoms with Gasteiger partial charge in [0.15, 0.2) is 0 Å². The van der Waals surface area contributed by atoms with Crippen molar-refractivity contribution in [1.29, 1.82) is 0 Å². The quantitative estimate of drug-likeness (QED) is 0.707. The second-order valence-electron chi connectivity index (χ2n) is 7.50. The van der Waals surface area contributed by atoms with Gasteiger partial charge in [-0.15, -0.1) is 0 Å². The Morgan fingerprint density at radius 3 is 2.69 bits per heavy atom. The zero-order chi connectivity index (χ0) is 20.9. The second kappa shape index (κ2) is 9.74. The lowest BCUT2D eigenvalue weighted by atomic mass is 9.98. The third-order valence-corrected chi connectivity index (χ3v) is 7.72. The number of amides is 1. The molecule has 1 aliphatic heterocycles. The third-order valence-electron chi connectivity index (χ3n) is 5.38. The van der Waals surface area contributed by atoms with Crippen molar-refractivity contribution >= 4 is 33.2 Å². The lowest BCUT2D eigenvalue weighted by Crippen LogP contribution is -2.44. The summed E-state index contributed by atoms with van der Waals surface area (Å²) in [5, 5.41) is 3.50. The molecule has 1 aliphatic rings. The summed E-state index contributed by atoms with van der Waals surface area (Å²) in [7, 11) is -3.38. The van der Waals surface area contributed by atoms with Crippen LogP contribution in [0.1, 0.15) is 30.4 Å². The van der Waals surface area contributed by atoms with E-state index in [9.17, 15) is 13.2 Å². The smallest absolute Gasteiger partial charge is 0.228 e. The predicted molar refractivity (Wildman–Crippen MR) is 118 cm³/mol. The summed E-state index contributed by atoms with van der Waals surface area (Å²) < 4.78 is 27.0. The van der Waals surface area contributed by atoms with Gasteiger partial charge in [-0.1, -0.05) is 48.0 Å². The minimum atomic E-state index is -3.38. The van der Waals surface area contributed by atoms with Crippen molar-refractivity contribution in [2.75, 3.05) is 24.2 Å². The number of benzene rings is 2. The van der Waals surface area contributed by atoms with Gasteiger partial charge in [-0.05, 0) is 55.9 Å². The molecule has 1 saturated heterocycles. The molecular formula is C22H27ClN2O3S. The summed E-state index contributed by atoms with van der Waals surface area (Å²) in [5.74, 6) is -0.408. The fraction of sp³-hybridized carbons (Fsp3) is 0.409. The summed E-state index contributed by atoms with van der Waals surface area (Å²) in [6.45, 7) is 2.56. The zero-order valence-electron chi connectivity index (χ0n) is 16.6. The van der Waals surface area contributed by atoms with Crippen LogP contribution in [0.2, 0.25) is 5.02 Å². The molecule has 1 fully saturated rings. The normalized spacial score (nSPS) is 17.8. The number of rotatable bonds is 7. The molecule has 1 N–H and O–H groups in total. The molecule has 0 saturated carbocycles. The first kappa shape index (κ1) is 21.8. The van der Waals surface area contributed by atoms with E-state index >= 15 is 0 Å². The monoisotopic (exact) mass is 434 g/mol. The van der Waals surface area contributed by atoms with Crippen LogP contribution in [0.25, 0.3) is 0 Å². The first-order valence-corrected chi connectivity index (χ1v) is 11.9. The number of anilines is 1. The highest BCUT2D eigenvalue weighted by atomic mass is 35.5. The molecule has 156 valence electrons. The lowest BCUT2D eigenvalue weighted by molar-refractivity contribution is -0.120. The van der Waals surface area contributed by atoms with Gasteiger partial charge in [0.25, 0.3) is 0 Å². The highest BCUT2D eigenvalue weighted by Crippen LogP contribution is 2.26. The van der Waals surface area contributed by atoms with Crippen LogP contribution in [0.5, 0.6) is 0 Å². The number of nitrogens with one attached hydrogen (secondary N) is 1. The summed E-state index contributed by atoms with van der Waals surface area (Å²) in [4.78, 5) is 12.7. The number of nitrogens with zero attached hydrogens (tertiary/aromatic N) is 1. The van der Waals surface area contributed by atoms with Crippen molar-refractivity contribution in [3.05, 3.63) is 64.7 Å². The maximum atomic E-state index is 12.8. The molecule has 2 aromatic carbocycles. The molecule has 2 aromatic rings. The van der Waals surface area contributed by atoms with Crippen molar-refractivity contribution in [1.82, 2.24) is 4.31 Å². The Morgan fingerprint density at radius 2 is 1.93 bits per heavy atom. The number of halogens is 1. The average Bonchev–Trinajstić information content (AvgIpc) is 2.72. The van der Waals surface area contributed by atoms with Gasteiger partial charge in [-0.25, -0.2) is 12.7 Å². The maximum absolute atomic E-state index is 12.8. The van der Waals surface area contributed by atoms with E-state index in [1.807, 2.05) is 37.3 Å². The fourth-order valence-corrected chi connectivity index (χ4v) is 5.38. The number of sulfonamides is 1. The van der Waals surface area contributed by atoms with E-state index in [0.29, 0.717) is 36.5 Å². The number of hydrogen-bond donors (Lipinski definition) is 1. The zero-order valence-corrected chi connectivity index (χ0v) is 18.2. The standard InChI is InChI=1S/C22H27ClN2O3S/c1-17-20(23)12-5-13-21(17)24-22(26)19-11-6-14-25(16-19)29(27,28)15-7-10-18-8-3-2-4-9-18/h2-5,8-9,12-13,19H,6-7,10-11,14-16H2,1H3,(H,24,26)/t19-/m0/s1. The number of carbonyl (C=O) groups is 1. The summed E-state index contributed by atoms with van der Waals surface area (Å²) in [6.07, 6.45) is 2.67. The average molecular weight is 435 g/mol. The first-order valence-electron chi connectivity index (χ1n) is 9.94. The molecule has 0 aromatic heterocycles. The Morgan fingerprint density at radius 1 is 1.17 bits per heavy atom. The Kier molecular flexibility index (Phi) is 7.33. The molecule has 5 nitrogen and oxygen atoms in total. The van der Waals surface area contributed by atoms with Crippen LogP contribution in [0.3, 0.4) is 0 Å². The molecule has 1 amide bonds. The van der Waals surface area contributed by atoms with Crippen molar-refractivity contribution in [3.8, 4) is 0 Å². The first-order chi connectivity index (χ1) is 13.9. The molecule has 0 bridgehead atoms. The highest BCUT2D eigenvalue weighted by molar-refractivity contribution is 7.89. The van der Waals surface area contributed by atoms with E-state index < -0.39 is 10.0 Å². The molecule has 7 heteroatoms. The number of aryl methyl sites for hydroxylation is 1. The van der Waals surface area contributed by atoms with E-state index in [2.05, 4.69) is 5.32 Å². The van der Waals surface area contributed by atoms with Crippen LogP contribution in [-0.4, -0.2) is 37.5 Å². The summed E-state index contributed by atoms with van der Waals surface area (Å²) in [6, 6.07) is 15.2. The Hall–Kier alpha value is -1.89. The Bertz CT molecular complexity index is 948. The molecule has 3 rings (SSSR count). The summed E-state index contributed by atoms with van der Waals surface area (Å²) >= 11 is 6.12. The van der Waals surface area contributed by atoms with E-state index in [1.54, 1.807) is 18.2 Å². The molecule has 0 aliphatic carbocycles. The van der Waals surface area contributed by atoms with E-state index in [-0.39, 0.29) is 24.1 Å². The molecule has 1 atom stereocenters. The second-order valence-corrected chi connectivity index (χ2v) is 10.00. The van der Waals surface area contributed by atoms with Gasteiger partial charge < -0.3 is 5.32 Å². The number of piperidine rings is 1. The van der Waals surface area contributed by atoms with Gasteiger partial charge in [-0.3, -0.25) is 4.79 Å².